The highest BCUT2D eigenvalue weighted by molar-refractivity contribution is 7.89. The molecule has 0 bridgehead atoms. The molecular weight excluding hydrogens is 282 g/mol. The second-order valence-electron chi connectivity index (χ2n) is 4.72. The predicted octanol–water partition coefficient (Wildman–Crippen LogP) is 0.966. The number of hydrogen-bond acceptors (Lipinski definition) is 5. The van der Waals surface area contributed by atoms with E-state index in [-0.39, 0.29) is 23.2 Å². The van der Waals surface area contributed by atoms with E-state index in [0.717, 1.165) is 0 Å². The van der Waals surface area contributed by atoms with Crippen molar-refractivity contribution in [3.63, 3.8) is 0 Å². The third kappa shape index (κ3) is 2.94. The largest absolute Gasteiger partial charge is 0.508 e. The fraction of sp³-hybridized carbons (Fsp3) is 0.462. The zero-order chi connectivity index (χ0) is 14.8. The van der Waals surface area contributed by atoms with Gasteiger partial charge in [-0.15, -0.1) is 0 Å². The Balaban J connectivity index is 2.21. The van der Waals surface area contributed by atoms with Crippen LogP contribution in [0.25, 0.3) is 0 Å². The number of ether oxygens (including phenoxy) is 1. The molecule has 20 heavy (non-hydrogen) atoms. The molecule has 7 heteroatoms. The number of benzene rings is 1. The summed E-state index contributed by atoms with van der Waals surface area (Å²) in [6.45, 7) is 0.520. The minimum absolute atomic E-state index is 0.00929. The lowest BCUT2D eigenvalue weighted by Crippen LogP contribution is -2.42. The number of carbonyl (C=O) groups excluding carboxylic acids is 1. The van der Waals surface area contributed by atoms with Gasteiger partial charge in [-0.1, -0.05) is 0 Å². The van der Waals surface area contributed by atoms with Gasteiger partial charge in [0.25, 0.3) is 0 Å². The number of phenolic OH excluding ortho intramolecular Hbond substituents is 1. The Kier molecular flexibility index (Phi) is 4.29. The van der Waals surface area contributed by atoms with Crippen molar-refractivity contribution >= 4 is 16.0 Å². The number of methoxy groups -OCH3 is 1. The molecule has 1 atom stereocenters. The number of piperidine rings is 1. The van der Waals surface area contributed by atoms with Crippen LogP contribution in [0.4, 0.5) is 0 Å². The van der Waals surface area contributed by atoms with Crippen LogP contribution in [0.1, 0.15) is 12.8 Å². The summed E-state index contributed by atoms with van der Waals surface area (Å²) in [5, 5.41) is 9.21. The molecule has 1 aromatic rings. The summed E-state index contributed by atoms with van der Waals surface area (Å²) in [6, 6.07) is 5.36. The summed E-state index contributed by atoms with van der Waals surface area (Å²) in [4.78, 5) is 11.7. The summed E-state index contributed by atoms with van der Waals surface area (Å²) in [5.41, 5.74) is 0. The molecular formula is C13H17NO5S. The van der Waals surface area contributed by atoms with Crippen molar-refractivity contribution in [1.82, 2.24) is 4.31 Å². The zero-order valence-corrected chi connectivity index (χ0v) is 12.0. The molecule has 0 radical (unpaired) electrons. The topological polar surface area (TPSA) is 83.9 Å². The highest BCUT2D eigenvalue weighted by atomic mass is 32.2. The van der Waals surface area contributed by atoms with E-state index in [9.17, 15) is 18.3 Å². The minimum Gasteiger partial charge on any atom is -0.508 e. The third-order valence-electron chi connectivity index (χ3n) is 3.39. The van der Waals surface area contributed by atoms with Gasteiger partial charge >= 0.3 is 5.97 Å². The van der Waals surface area contributed by atoms with Crippen molar-refractivity contribution in [2.45, 2.75) is 17.7 Å². The third-order valence-corrected chi connectivity index (χ3v) is 5.27. The van der Waals surface area contributed by atoms with Crippen molar-refractivity contribution in [2.24, 2.45) is 5.92 Å². The molecule has 1 aliphatic rings. The molecule has 1 aliphatic heterocycles. The summed E-state index contributed by atoms with van der Waals surface area (Å²) in [7, 11) is -2.34. The van der Waals surface area contributed by atoms with E-state index in [1.54, 1.807) is 0 Å². The number of phenols is 1. The predicted molar refractivity (Wildman–Crippen MR) is 71.6 cm³/mol. The highest BCUT2D eigenvalue weighted by Crippen LogP contribution is 2.25. The van der Waals surface area contributed by atoms with Crippen LogP contribution in [0.3, 0.4) is 0 Å². The summed E-state index contributed by atoms with van der Waals surface area (Å²) >= 11 is 0. The quantitative estimate of drug-likeness (QED) is 0.841. The van der Waals surface area contributed by atoms with Crippen LogP contribution >= 0.6 is 0 Å². The number of sulfonamides is 1. The average Bonchev–Trinajstić information content (AvgIpc) is 2.47. The van der Waals surface area contributed by atoms with Gasteiger partial charge in [-0.3, -0.25) is 4.79 Å². The van der Waals surface area contributed by atoms with E-state index in [2.05, 4.69) is 4.74 Å². The summed E-state index contributed by atoms with van der Waals surface area (Å²) < 4.78 is 30.9. The molecule has 0 saturated carbocycles. The first kappa shape index (κ1) is 14.8. The molecule has 1 N–H and O–H groups in total. The van der Waals surface area contributed by atoms with Crippen LogP contribution in [-0.2, 0) is 19.6 Å². The molecule has 1 saturated heterocycles. The van der Waals surface area contributed by atoms with Gasteiger partial charge in [0, 0.05) is 13.1 Å². The lowest BCUT2D eigenvalue weighted by molar-refractivity contribution is -0.146. The molecule has 110 valence electrons. The summed E-state index contributed by atoms with van der Waals surface area (Å²) in [6.07, 6.45) is 1.26. The standard InChI is InChI=1S/C13H17NO5S/c1-19-13(16)10-3-2-8-14(9-10)20(17,18)12-6-4-11(15)5-7-12/h4-7,10,15H,2-3,8-9H2,1H3. The number of nitrogens with zero attached hydrogens (tertiary/aromatic N) is 1. The van der Waals surface area contributed by atoms with Gasteiger partial charge in [0.2, 0.25) is 10.0 Å². The molecule has 1 unspecified atom stereocenters. The lowest BCUT2D eigenvalue weighted by Gasteiger charge is -2.30. The SMILES string of the molecule is COC(=O)C1CCCN(S(=O)(=O)c2ccc(O)cc2)C1. The van der Waals surface area contributed by atoms with Crippen LogP contribution in [0.2, 0.25) is 0 Å². The van der Waals surface area contributed by atoms with Crippen molar-refractivity contribution in [1.29, 1.82) is 0 Å². The lowest BCUT2D eigenvalue weighted by atomic mass is 10.0. The summed E-state index contributed by atoms with van der Waals surface area (Å²) in [5.74, 6) is -0.786. The number of rotatable bonds is 3. The fourth-order valence-corrected chi connectivity index (χ4v) is 3.81. The molecule has 0 amide bonds. The minimum atomic E-state index is -3.64. The van der Waals surface area contributed by atoms with E-state index in [1.165, 1.54) is 35.7 Å². The van der Waals surface area contributed by atoms with E-state index in [4.69, 9.17) is 0 Å². The monoisotopic (exact) mass is 299 g/mol. The van der Waals surface area contributed by atoms with Crippen LogP contribution in [-0.4, -0.2) is 44.0 Å². The normalized spacial score (nSPS) is 20.6. The second-order valence-corrected chi connectivity index (χ2v) is 6.66. The zero-order valence-electron chi connectivity index (χ0n) is 11.2. The van der Waals surface area contributed by atoms with E-state index >= 15 is 0 Å². The van der Waals surface area contributed by atoms with E-state index in [0.29, 0.717) is 19.4 Å². The maximum absolute atomic E-state index is 12.4. The number of esters is 1. The fourth-order valence-electron chi connectivity index (χ4n) is 2.29. The van der Waals surface area contributed by atoms with Gasteiger partial charge in [0.1, 0.15) is 5.75 Å². The van der Waals surface area contributed by atoms with E-state index in [1.807, 2.05) is 0 Å². The Morgan fingerprint density at radius 3 is 2.60 bits per heavy atom. The van der Waals surface area contributed by atoms with Crippen molar-refractivity contribution in [3.05, 3.63) is 24.3 Å². The van der Waals surface area contributed by atoms with Crippen LogP contribution in [0.5, 0.6) is 5.75 Å². The van der Waals surface area contributed by atoms with E-state index < -0.39 is 15.9 Å². The van der Waals surface area contributed by atoms with Gasteiger partial charge in [0.15, 0.2) is 0 Å². The van der Waals surface area contributed by atoms with Gasteiger partial charge in [-0.25, -0.2) is 8.42 Å². The smallest absolute Gasteiger partial charge is 0.309 e. The number of carbonyl (C=O) groups is 1. The number of hydrogen-bond donors (Lipinski definition) is 1. The van der Waals surface area contributed by atoms with Gasteiger partial charge < -0.3 is 9.84 Å². The molecule has 1 aromatic carbocycles. The van der Waals surface area contributed by atoms with Gasteiger partial charge in [0.05, 0.1) is 17.9 Å². The second kappa shape index (κ2) is 5.80. The maximum Gasteiger partial charge on any atom is 0.309 e. The maximum atomic E-state index is 12.4. The van der Waals surface area contributed by atoms with Crippen LogP contribution in [0.15, 0.2) is 29.2 Å². The molecule has 0 aliphatic carbocycles. The molecule has 0 spiro atoms. The average molecular weight is 299 g/mol. The Morgan fingerprint density at radius 1 is 1.35 bits per heavy atom. The van der Waals surface area contributed by atoms with Crippen molar-refractivity contribution in [2.75, 3.05) is 20.2 Å². The Bertz CT molecular complexity index is 581. The van der Waals surface area contributed by atoms with Crippen molar-refractivity contribution in [3.8, 4) is 5.75 Å². The Hall–Kier alpha value is -1.60. The molecule has 0 aromatic heterocycles. The molecule has 2 rings (SSSR count). The molecule has 6 nitrogen and oxygen atoms in total. The Labute approximate surface area is 118 Å². The first-order valence-corrected chi connectivity index (χ1v) is 7.76. The van der Waals surface area contributed by atoms with Crippen LogP contribution in [0, 0.1) is 5.92 Å². The Morgan fingerprint density at radius 2 is 2.00 bits per heavy atom. The van der Waals surface area contributed by atoms with Crippen molar-refractivity contribution < 1.29 is 23.1 Å². The first-order chi connectivity index (χ1) is 9.45. The molecule has 1 fully saturated rings. The van der Waals surface area contributed by atoms with Gasteiger partial charge in [-0.2, -0.15) is 4.31 Å². The number of aromatic hydroxyl groups is 1. The van der Waals surface area contributed by atoms with Crippen LogP contribution < -0.4 is 0 Å². The van der Waals surface area contributed by atoms with Gasteiger partial charge in [-0.05, 0) is 37.1 Å². The molecule has 1 heterocycles. The highest BCUT2D eigenvalue weighted by Gasteiger charge is 2.33. The first-order valence-electron chi connectivity index (χ1n) is 6.32.